The molecule has 1 heterocycles. The van der Waals surface area contributed by atoms with E-state index in [1.54, 1.807) is 6.20 Å². The minimum absolute atomic E-state index is 0.0756. The Kier molecular flexibility index (Phi) is 4.27. The fourth-order valence-corrected chi connectivity index (χ4v) is 1.88. The smallest absolute Gasteiger partial charge is 0.126 e. The van der Waals surface area contributed by atoms with Crippen molar-refractivity contribution >= 4 is 0 Å². The number of aryl methyl sites for hydroxylation is 1. The second kappa shape index (κ2) is 5.93. The molecule has 1 aromatic carbocycles. The minimum Gasteiger partial charge on any atom is -0.306 e. The fourth-order valence-electron chi connectivity index (χ4n) is 1.88. The van der Waals surface area contributed by atoms with Gasteiger partial charge in [-0.05, 0) is 31.5 Å². The van der Waals surface area contributed by atoms with Gasteiger partial charge in [-0.15, -0.1) is 0 Å². The molecule has 1 aromatic heterocycles. The van der Waals surface area contributed by atoms with Crippen LogP contribution in [0.3, 0.4) is 0 Å². The predicted octanol–water partition coefficient (Wildman–Crippen LogP) is 3.03. The molecule has 0 aliphatic heterocycles. The van der Waals surface area contributed by atoms with Crippen molar-refractivity contribution in [3.8, 4) is 0 Å². The molecular weight excluding hydrogens is 248 g/mol. The first-order chi connectivity index (χ1) is 9.08. The first-order valence-electron chi connectivity index (χ1n) is 6.29. The number of nitrogens with one attached hydrogen (secondary N) is 1. The lowest BCUT2D eigenvalue weighted by atomic mass is 10.1. The van der Waals surface area contributed by atoms with Crippen LogP contribution >= 0.6 is 0 Å². The van der Waals surface area contributed by atoms with Gasteiger partial charge in [-0.1, -0.05) is 0 Å². The molecule has 0 saturated carbocycles. The molecule has 0 unspecified atom stereocenters. The van der Waals surface area contributed by atoms with Crippen molar-refractivity contribution in [1.29, 1.82) is 0 Å². The van der Waals surface area contributed by atoms with E-state index < -0.39 is 11.6 Å². The van der Waals surface area contributed by atoms with Gasteiger partial charge in [-0.3, -0.25) is 4.68 Å². The maximum absolute atomic E-state index is 13.0. The van der Waals surface area contributed by atoms with E-state index in [4.69, 9.17) is 0 Å². The van der Waals surface area contributed by atoms with E-state index in [9.17, 15) is 8.78 Å². The maximum Gasteiger partial charge on any atom is 0.126 e. The lowest BCUT2D eigenvalue weighted by Crippen LogP contribution is -2.18. The van der Waals surface area contributed by atoms with Gasteiger partial charge in [0, 0.05) is 37.0 Å². The molecule has 19 heavy (non-hydrogen) atoms. The summed E-state index contributed by atoms with van der Waals surface area (Å²) in [6, 6.07) is 3.61. The predicted molar refractivity (Wildman–Crippen MR) is 69.5 cm³/mol. The van der Waals surface area contributed by atoms with Crippen molar-refractivity contribution in [2.75, 3.05) is 0 Å². The van der Waals surface area contributed by atoms with Crippen molar-refractivity contribution < 1.29 is 8.78 Å². The van der Waals surface area contributed by atoms with E-state index in [2.05, 4.69) is 10.4 Å². The lowest BCUT2D eigenvalue weighted by Gasteiger charge is -2.12. The Bertz CT molecular complexity index is 531. The van der Waals surface area contributed by atoms with Crippen LogP contribution in [0.25, 0.3) is 0 Å². The average Bonchev–Trinajstić information content (AvgIpc) is 2.83. The fraction of sp³-hybridized carbons (Fsp3) is 0.357. The molecule has 2 aromatic rings. The van der Waals surface area contributed by atoms with Crippen molar-refractivity contribution in [3.63, 3.8) is 0 Å². The Balaban J connectivity index is 1.97. The molecule has 1 N–H and O–H groups in total. The highest BCUT2D eigenvalue weighted by atomic mass is 19.1. The van der Waals surface area contributed by atoms with Crippen LogP contribution in [0.1, 0.15) is 31.0 Å². The Morgan fingerprint density at radius 2 is 1.95 bits per heavy atom. The summed E-state index contributed by atoms with van der Waals surface area (Å²) in [5, 5.41) is 7.42. The van der Waals surface area contributed by atoms with Crippen molar-refractivity contribution in [3.05, 3.63) is 53.4 Å². The van der Waals surface area contributed by atoms with Crippen molar-refractivity contribution in [2.45, 2.75) is 33.0 Å². The van der Waals surface area contributed by atoms with E-state index in [0.29, 0.717) is 12.1 Å². The Morgan fingerprint density at radius 1 is 1.26 bits per heavy atom. The van der Waals surface area contributed by atoms with Crippen LogP contribution in [0.5, 0.6) is 0 Å². The zero-order chi connectivity index (χ0) is 13.8. The monoisotopic (exact) mass is 265 g/mol. The summed E-state index contributed by atoms with van der Waals surface area (Å²) < 4.78 is 27.9. The Labute approximate surface area is 111 Å². The van der Waals surface area contributed by atoms with Crippen molar-refractivity contribution in [1.82, 2.24) is 15.1 Å². The molecule has 0 radical (unpaired) electrons. The van der Waals surface area contributed by atoms with Gasteiger partial charge in [0.15, 0.2) is 0 Å². The van der Waals surface area contributed by atoms with Crippen LogP contribution in [-0.4, -0.2) is 9.78 Å². The van der Waals surface area contributed by atoms with Crippen LogP contribution < -0.4 is 5.32 Å². The van der Waals surface area contributed by atoms with Gasteiger partial charge in [0.25, 0.3) is 0 Å². The highest BCUT2D eigenvalue weighted by Crippen LogP contribution is 2.13. The van der Waals surface area contributed by atoms with Gasteiger partial charge in [0.2, 0.25) is 0 Å². The Morgan fingerprint density at radius 3 is 2.53 bits per heavy atom. The SMILES string of the molecule is CCn1cc([C@H](C)NCc2cc(F)cc(F)c2)cn1. The minimum atomic E-state index is -0.553. The maximum atomic E-state index is 13.0. The molecule has 2 rings (SSSR count). The quantitative estimate of drug-likeness (QED) is 0.900. The summed E-state index contributed by atoms with van der Waals surface area (Å²) in [7, 11) is 0. The Hall–Kier alpha value is -1.75. The molecule has 0 aliphatic carbocycles. The third-order valence-electron chi connectivity index (χ3n) is 3.01. The molecule has 0 saturated heterocycles. The first kappa shape index (κ1) is 13.7. The average molecular weight is 265 g/mol. The lowest BCUT2D eigenvalue weighted by molar-refractivity contribution is 0.553. The summed E-state index contributed by atoms with van der Waals surface area (Å²) in [4.78, 5) is 0. The van der Waals surface area contributed by atoms with E-state index in [1.165, 1.54) is 12.1 Å². The molecule has 102 valence electrons. The summed E-state index contributed by atoms with van der Waals surface area (Å²) in [6.45, 7) is 5.24. The second-order valence-electron chi connectivity index (χ2n) is 4.51. The second-order valence-corrected chi connectivity index (χ2v) is 4.51. The zero-order valence-electron chi connectivity index (χ0n) is 11.0. The standard InChI is InChI=1S/C14H17F2N3/c1-3-19-9-12(8-18-19)10(2)17-7-11-4-13(15)6-14(16)5-11/h4-6,8-10,17H,3,7H2,1-2H3/t10-/m0/s1. The van der Waals surface area contributed by atoms with Crippen LogP contribution in [0, 0.1) is 11.6 Å². The molecule has 0 amide bonds. The van der Waals surface area contributed by atoms with E-state index >= 15 is 0 Å². The molecule has 0 bridgehead atoms. The van der Waals surface area contributed by atoms with Crippen LogP contribution in [0.4, 0.5) is 8.78 Å². The zero-order valence-corrected chi connectivity index (χ0v) is 11.0. The van der Waals surface area contributed by atoms with Gasteiger partial charge < -0.3 is 5.32 Å². The van der Waals surface area contributed by atoms with Gasteiger partial charge in [-0.2, -0.15) is 5.10 Å². The number of aromatic nitrogens is 2. The molecule has 3 nitrogen and oxygen atoms in total. The number of halogens is 2. The third-order valence-corrected chi connectivity index (χ3v) is 3.01. The number of rotatable bonds is 5. The van der Waals surface area contributed by atoms with E-state index in [0.717, 1.165) is 18.2 Å². The van der Waals surface area contributed by atoms with Crippen LogP contribution in [0.15, 0.2) is 30.6 Å². The summed E-state index contributed by atoms with van der Waals surface area (Å²) in [5.74, 6) is -1.11. The van der Waals surface area contributed by atoms with Gasteiger partial charge >= 0.3 is 0 Å². The molecule has 0 aliphatic rings. The highest BCUT2D eigenvalue weighted by Gasteiger charge is 2.08. The summed E-state index contributed by atoms with van der Waals surface area (Å²) >= 11 is 0. The number of hydrogen-bond donors (Lipinski definition) is 1. The summed E-state index contributed by atoms with van der Waals surface area (Å²) in [6.07, 6.45) is 3.76. The van der Waals surface area contributed by atoms with Gasteiger partial charge in [-0.25, -0.2) is 8.78 Å². The normalized spacial score (nSPS) is 12.6. The largest absolute Gasteiger partial charge is 0.306 e. The molecular formula is C14H17F2N3. The molecule has 5 heteroatoms. The number of hydrogen-bond acceptors (Lipinski definition) is 2. The topological polar surface area (TPSA) is 29.9 Å². The van der Waals surface area contributed by atoms with Gasteiger partial charge in [0.1, 0.15) is 11.6 Å². The van der Waals surface area contributed by atoms with Crippen molar-refractivity contribution in [2.24, 2.45) is 0 Å². The van der Waals surface area contributed by atoms with E-state index in [-0.39, 0.29) is 6.04 Å². The third kappa shape index (κ3) is 3.61. The van der Waals surface area contributed by atoms with Gasteiger partial charge in [0.05, 0.1) is 6.20 Å². The van der Waals surface area contributed by atoms with Crippen LogP contribution in [-0.2, 0) is 13.1 Å². The molecule has 1 atom stereocenters. The number of benzene rings is 1. The molecule has 0 spiro atoms. The van der Waals surface area contributed by atoms with E-state index in [1.807, 2.05) is 24.7 Å². The first-order valence-corrected chi connectivity index (χ1v) is 6.29. The number of nitrogens with zero attached hydrogens (tertiary/aromatic N) is 2. The molecule has 0 fully saturated rings. The highest BCUT2D eigenvalue weighted by molar-refractivity contribution is 5.18. The van der Waals surface area contributed by atoms with Crippen LogP contribution in [0.2, 0.25) is 0 Å². The summed E-state index contributed by atoms with van der Waals surface area (Å²) in [5.41, 5.74) is 1.64.